The molecule has 1 aliphatic rings. The number of carbonyl (C=O) groups is 2. The number of ether oxygens (including phenoxy) is 1. The van der Waals surface area contributed by atoms with E-state index in [4.69, 9.17) is 4.74 Å². The number of nitrogens with one attached hydrogen (secondary N) is 1. The molecular formula is C26H26BrN5O4S. The number of H-pyrrole nitrogens is 1. The van der Waals surface area contributed by atoms with E-state index in [0.29, 0.717) is 18.7 Å². The van der Waals surface area contributed by atoms with Crippen molar-refractivity contribution in [2.75, 3.05) is 13.2 Å². The molecule has 37 heavy (non-hydrogen) atoms. The molecule has 2 aromatic heterocycles. The number of thiophene rings is 1. The summed E-state index contributed by atoms with van der Waals surface area (Å²) in [6.45, 7) is 2.38. The summed E-state index contributed by atoms with van der Waals surface area (Å²) >= 11 is 5.45. The van der Waals surface area contributed by atoms with E-state index in [1.807, 2.05) is 42.5 Å². The van der Waals surface area contributed by atoms with E-state index in [1.165, 1.54) is 4.90 Å². The number of carboxylic acid groups (broad SMARTS) is 1. The fraction of sp³-hybridized carbons (Fsp3) is 0.346. The summed E-state index contributed by atoms with van der Waals surface area (Å²) in [7, 11) is 0. The van der Waals surface area contributed by atoms with Gasteiger partial charge in [-0.25, -0.2) is 9.89 Å². The average Bonchev–Trinajstić information content (AvgIpc) is 3.66. The van der Waals surface area contributed by atoms with E-state index < -0.39 is 17.5 Å². The molecule has 1 amide bonds. The van der Waals surface area contributed by atoms with Crippen LogP contribution in [0.3, 0.4) is 0 Å². The summed E-state index contributed by atoms with van der Waals surface area (Å²) < 4.78 is 7.32. The van der Waals surface area contributed by atoms with Crippen LogP contribution in [0.4, 0.5) is 4.79 Å². The maximum absolute atomic E-state index is 12.9. The van der Waals surface area contributed by atoms with E-state index in [-0.39, 0.29) is 19.7 Å². The summed E-state index contributed by atoms with van der Waals surface area (Å²) in [5.74, 6) is -0.259. The van der Waals surface area contributed by atoms with E-state index in [9.17, 15) is 14.7 Å². The van der Waals surface area contributed by atoms with E-state index >= 15 is 0 Å². The summed E-state index contributed by atoms with van der Waals surface area (Å²) in [5, 5.41) is 25.3. The zero-order valence-corrected chi connectivity index (χ0v) is 22.6. The van der Waals surface area contributed by atoms with Crippen molar-refractivity contribution in [1.29, 1.82) is 0 Å². The molecule has 2 heterocycles. The Morgan fingerprint density at radius 2 is 1.95 bits per heavy atom. The monoisotopic (exact) mass is 583 g/mol. The lowest BCUT2D eigenvalue weighted by Crippen LogP contribution is -2.44. The number of amides is 1. The molecule has 0 atom stereocenters. The molecule has 11 heteroatoms. The number of aromatic amines is 1. The molecule has 0 radical (unpaired) electrons. The number of tetrazole rings is 1. The molecule has 2 N–H and O–H groups in total. The van der Waals surface area contributed by atoms with Crippen LogP contribution < -0.4 is 0 Å². The van der Waals surface area contributed by atoms with Crippen LogP contribution in [0.1, 0.15) is 38.2 Å². The van der Waals surface area contributed by atoms with Gasteiger partial charge in [0.2, 0.25) is 0 Å². The van der Waals surface area contributed by atoms with Crippen molar-refractivity contribution in [3.63, 3.8) is 0 Å². The molecule has 2 aromatic carbocycles. The average molecular weight is 584 g/mol. The first-order valence-electron chi connectivity index (χ1n) is 12.1. The maximum Gasteiger partial charge on any atom is 0.410 e. The van der Waals surface area contributed by atoms with Gasteiger partial charge >= 0.3 is 12.1 Å². The third kappa shape index (κ3) is 4.97. The minimum absolute atomic E-state index is 0.133. The molecule has 0 unspecified atom stereocenters. The van der Waals surface area contributed by atoms with Gasteiger partial charge in [0.25, 0.3) is 0 Å². The largest absolute Gasteiger partial charge is 0.481 e. The highest BCUT2D eigenvalue weighted by atomic mass is 79.9. The first-order chi connectivity index (χ1) is 17.9. The number of aliphatic carboxylic acids is 1. The number of carbonyl (C=O) groups excluding carboxylic acids is 1. The Kier molecular flexibility index (Phi) is 7.25. The van der Waals surface area contributed by atoms with Crippen LogP contribution in [0, 0.1) is 5.41 Å². The van der Waals surface area contributed by atoms with E-state index in [1.54, 1.807) is 18.3 Å². The summed E-state index contributed by atoms with van der Waals surface area (Å²) in [4.78, 5) is 27.6. The lowest BCUT2D eigenvalue weighted by Gasteiger charge is -2.31. The predicted octanol–water partition coefficient (Wildman–Crippen LogP) is 6.11. The Hall–Kier alpha value is -3.31. The summed E-state index contributed by atoms with van der Waals surface area (Å²) in [5.41, 5.74) is 1.86. The Morgan fingerprint density at radius 1 is 1.19 bits per heavy atom. The molecule has 192 valence electrons. The number of aromatic nitrogens is 4. The van der Waals surface area contributed by atoms with Crippen molar-refractivity contribution in [2.45, 2.75) is 39.2 Å². The fourth-order valence-corrected chi connectivity index (χ4v) is 7.05. The molecule has 1 fully saturated rings. The SMILES string of the molecule is CCOC(=O)N(Cc1ccc2sc(-c3ccccc3-c3nnn[nH]3)c(Br)c2c1)CC1(C(=O)O)CCCC1. The molecular weight excluding hydrogens is 558 g/mol. The zero-order valence-electron chi connectivity index (χ0n) is 20.2. The number of nitrogens with zero attached hydrogens (tertiary/aromatic N) is 4. The van der Waals surface area contributed by atoms with Gasteiger partial charge in [-0.2, -0.15) is 0 Å². The Labute approximate surface area is 226 Å². The van der Waals surface area contributed by atoms with Crippen molar-refractivity contribution in [3.05, 3.63) is 52.5 Å². The van der Waals surface area contributed by atoms with Gasteiger partial charge in [-0.3, -0.25) is 4.79 Å². The topological polar surface area (TPSA) is 121 Å². The highest BCUT2D eigenvalue weighted by molar-refractivity contribution is 9.10. The Morgan fingerprint density at radius 3 is 2.62 bits per heavy atom. The minimum Gasteiger partial charge on any atom is -0.481 e. The third-order valence-electron chi connectivity index (χ3n) is 6.87. The van der Waals surface area contributed by atoms with Crippen LogP contribution in [-0.4, -0.2) is 55.8 Å². The predicted molar refractivity (Wildman–Crippen MR) is 144 cm³/mol. The van der Waals surface area contributed by atoms with Crippen molar-refractivity contribution in [1.82, 2.24) is 25.5 Å². The van der Waals surface area contributed by atoms with Gasteiger partial charge in [0.15, 0.2) is 5.82 Å². The van der Waals surface area contributed by atoms with Crippen molar-refractivity contribution >= 4 is 49.4 Å². The first-order valence-corrected chi connectivity index (χ1v) is 13.7. The van der Waals surface area contributed by atoms with Gasteiger partial charge in [0, 0.05) is 38.8 Å². The molecule has 1 saturated carbocycles. The second-order valence-electron chi connectivity index (χ2n) is 9.22. The minimum atomic E-state index is -0.924. The zero-order chi connectivity index (χ0) is 26.0. The molecule has 0 saturated heterocycles. The lowest BCUT2D eigenvalue weighted by atomic mass is 9.85. The van der Waals surface area contributed by atoms with Crippen LogP contribution in [0.5, 0.6) is 0 Å². The molecule has 0 aliphatic heterocycles. The number of fused-ring (bicyclic) bond motifs is 1. The third-order valence-corrected chi connectivity index (χ3v) is 9.16. The molecule has 9 nitrogen and oxygen atoms in total. The van der Waals surface area contributed by atoms with E-state index in [2.05, 4.69) is 36.6 Å². The van der Waals surface area contributed by atoms with Gasteiger partial charge in [-0.15, -0.1) is 16.4 Å². The number of halogens is 1. The van der Waals surface area contributed by atoms with Crippen LogP contribution in [-0.2, 0) is 16.1 Å². The first kappa shape index (κ1) is 25.3. The fourth-order valence-electron chi connectivity index (χ4n) is 5.02. The van der Waals surface area contributed by atoms with Gasteiger partial charge in [0.05, 0.1) is 16.9 Å². The number of rotatable bonds is 8. The Bertz CT molecular complexity index is 1430. The lowest BCUT2D eigenvalue weighted by molar-refractivity contribution is -0.149. The molecule has 1 aliphatic carbocycles. The number of hydrogen-bond acceptors (Lipinski definition) is 7. The highest BCUT2D eigenvalue weighted by Gasteiger charge is 2.43. The van der Waals surface area contributed by atoms with Crippen molar-refractivity contribution in [2.24, 2.45) is 5.41 Å². The quantitative estimate of drug-likeness (QED) is 0.256. The molecule has 0 spiro atoms. The van der Waals surface area contributed by atoms with Crippen molar-refractivity contribution < 1.29 is 19.4 Å². The van der Waals surface area contributed by atoms with Gasteiger partial charge in [-0.05, 0) is 63.8 Å². The smallest absolute Gasteiger partial charge is 0.410 e. The van der Waals surface area contributed by atoms with Crippen LogP contribution in [0.25, 0.3) is 31.9 Å². The summed E-state index contributed by atoms with van der Waals surface area (Å²) in [6.07, 6.45) is 2.35. The normalized spacial score (nSPS) is 14.6. The van der Waals surface area contributed by atoms with Crippen LogP contribution in [0.2, 0.25) is 0 Å². The molecule has 0 bridgehead atoms. The standard InChI is InChI=1S/C26H26BrN5O4S/c1-2-36-25(35)32(15-26(24(33)34)11-5-6-12-26)14-16-9-10-20-19(13-16)21(27)22(37-20)17-7-3-4-8-18(17)23-28-30-31-29-23/h3-4,7-10,13H,2,5-6,11-12,14-15H2,1H3,(H,33,34)(H,28,29,30,31). The van der Waals surface area contributed by atoms with Crippen LogP contribution >= 0.6 is 27.3 Å². The number of carboxylic acids is 1. The number of benzene rings is 2. The maximum atomic E-state index is 12.9. The van der Waals surface area contributed by atoms with Crippen molar-refractivity contribution in [3.8, 4) is 21.8 Å². The van der Waals surface area contributed by atoms with Gasteiger partial charge in [-0.1, -0.05) is 43.2 Å². The van der Waals surface area contributed by atoms with Gasteiger partial charge < -0.3 is 14.7 Å². The Balaban J connectivity index is 1.48. The van der Waals surface area contributed by atoms with Gasteiger partial charge in [0.1, 0.15) is 0 Å². The van der Waals surface area contributed by atoms with E-state index in [0.717, 1.165) is 49.0 Å². The van der Waals surface area contributed by atoms with Crippen LogP contribution in [0.15, 0.2) is 46.9 Å². The molecule has 5 rings (SSSR count). The summed E-state index contributed by atoms with van der Waals surface area (Å²) in [6, 6.07) is 14.0. The highest BCUT2D eigenvalue weighted by Crippen LogP contribution is 2.45. The number of hydrogen-bond donors (Lipinski definition) is 2. The second kappa shape index (κ2) is 10.6. The molecule has 4 aromatic rings. The second-order valence-corrected chi connectivity index (χ2v) is 11.1.